The Morgan fingerprint density at radius 1 is 1.25 bits per heavy atom. The van der Waals surface area contributed by atoms with Gasteiger partial charge in [-0.2, -0.15) is 0 Å². The second-order valence-electron chi connectivity index (χ2n) is 4.39. The Bertz CT molecular complexity index is 359. The molecule has 3 nitrogen and oxygen atoms in total. The third-order valence-electron chi connectivity index (χ3n) is 3.13. The molecule has 2 N–H and O–H groups in total. The number of nitrogens with two attached hydrogens (primary N) is 1. The third kappa shape index (κ3) is 2.51. The summed E-state index contributed by atoms with van der Waals surface area (Å²) in [5.74, 6) is -0.313. The summed E-state index contributed by atoms with van der Waals surface area (Å²) in [7, 11) is 2.12. The van der Waals surface area contributed by atoms with Gasteiger partial charge in [0, 0.05) is 32.7 Å². The molecule has 1 fully saturated rings. The zero-order chi connectivity index (χ0) is 11.5. The van der Waals surface area contributed by atoms with Crippen LogP contribution < -0.4 is 5.73 Å². The van der Waals surface area contributed by atoms with E-state index in [-0.39, 0.29) is 5.82 Å². The maximum atomic E-state index is 13.2. The Kier molecular flexibility index (Phi) is 3.41. The molecule has 88 valence electrons. The molecule has 0 aliphatic carbocycles. The van der Waals surface area contributed by atoms with Crippen molar-refractivity contribution in [2.75, 3.05) is 39.0 Å². The number of piperazine rings is 1. The van der Waals surface area contributed by atoms with E-state index < -0.39 is 0 Å². The fraction of sp³-hybridized carbons (Fsp3) is 0.500. The number of nitrogen functional groups attached to an aromatic ring is 1. The number of likely N-dealkylation sites (N-methyl/N-ethyl adjacent to an activating group) is 1. The number of rotatable bonds is 2. The molecule has 0 atom stereocenters. The third-order valence-corrected chi connectivity index (χ3v) is 3.13. The van der Waals surface area contributed by atoms with Crippen molar-refractivity contribution in [1.29, 1.82) is 0 Å². The number of para-hydroxylation sites is 1. The number of anilines is 1. The van der Waals surface area contributed by atoms with Gasteiger partial charge in [-0.05, 0) is 18.7 Å². The highest BCUT2D eigenvalue weighted by Crippen LogP contribution is 2.18. The van der Waals surface area contributed by atoms with Crippen molar-refractivity contribution in [1.82, 2.24) is 9.80 Å². The quantitative estimate of drug-likeness (QED) is 0.764. The lowest BCUT2D eigenvalue weighted by Crippen LogP contribution is -2.43. The second kappa shape index (κ2) is 4.80. The molecule has 1 aromatic rings. The van der Waals surface area contributed by atoms with Crippen LogP contribution in [0.15, 0.2) is 18.2 Å². The van der Waals surface area contributed by atoms with Crippen molar-refractivity contribution in [2.24, 2.45) is 0 Å². The van der Waals surface area contributed by atoms with Crippen LogP contribution in [0.5, 0.6) is 0 Å². The van der Waals surface area contributed by atoms with Crippen molar-refractivity contribution >= 4 is 5.69 Å². The highest BCUT2D eigenvalue weighted by atomic mass is 19.1. The summed E-state index contributed by atoms with van der Waals surface area (Å²) in [5, 5.41) is 0. The minimum Gasteiger partial charge on any atom is -0.396 e. The lowest BCUT2D eigenvalue weighted by atomic mass is 10.1. The monoisotopic (exact) mass is 223 g/mol. The summed E-state index contributed by atoms with van der Waals surface area (Å²) >= 11 is 0. The van der Waals surface area contributed by atoms with Crippen LogP contribution in [0, 0.1) is 5.82 Å². The van der Waals surface area contributed by atoms with Gasteiger partial charge < -0.3 is 10.6 Å². The number of hydrogen-bond donors (Lipinski definition) is 1. The molecule has 0 spiro atoms. The summed E-state index contributed by atoms with van der Waals surface area (Å²) in [6, 6.07) is 5.02. The fourth-order valence-corrected chi connectivity index (χ4v) is 1.97. The van der Waals surface area contributed by atoms with Crippen LogP contribution in [0.2, 0.25) is 0 Å². The molecule has 16 heavy (non-hydrogen) atoms. The van der Waals surface area contributed by atoms with Crippen LogP contribution >= 0.6 is 0 Å². The van der Waals surface area contributed by atoms with E-state index in [4.69, 9.17) is 5.73 Å². The van der Waals surface area contributed by atoms with Crippen LogP contribution in [0.3, 0.4) is 0 Å². The highest BCUT2D eigenvalue weighted by molar-refractivity contribution is 5.47. The number of benzene rings is 1. The molecule has 1 heterocycles. The van der Waals surface area contributed by atoms with Crippen molar-refractivity contribution < 1.29 is 4.39 Å². The van der Waals surface area contributed by atoms with E-state index in [1.807, 2.05) is 6.07 Å². The molecular weight excluding hydrogens is 205 g/mol. The van der Waals surface area contributed by atoms with Gasteiger partial charge in [0.2, 0.25) is 0 Å². The molecule has 4 heteroatoms. The summed E-state index contributed by atoms with van der Waals surface area (Å²) < 4.78 is 13.2. The van der Waals surface area contributed by atoms with Gasteiger partial charge in [-0.3, -0.25) is 4.90 Å². The van der Waals surface area contributed by atoms with E-state index >= 15 is 0 Å². The van der Waals surface area contributed by atoms with Crippen molar-refractivity contribution in [3.63, 3.8) is 0 Å². The molecule has 1 aromatic carbocycles. The summed E-state index contributed by atoms with van der Waals surface area (Å²) in [5.41, 5.74) is 6.90. The molecule has 0 radical (unpaired) electrons. The Morgan fingerprint density at radius 2 is 1.94 bits per heavy atom. The van der Waals surface area contributed by atoms with E-state index in [9.17, 15) is 4.39 Å². The molecule has 0 bridgehead atoms. The van der Waals surface area contributed by atoms with E-state index in [0.717, 1.165) is 38.3 Å². The van der Waals surface area contributed by atoms with Crippen molar-refractivity contribution in [3.8, 4) is 0 Å². The topological polar surface area (TPSA) is 32.5 Å². The second-order valence-corrected chi connectivity index (χ2v) is 4.39. The van der Waals surface area contributed by atoms with Gasteiger partial charge in [-0.25, -0.2) is 4.39 Å². The fourth-order valence-electron chi connectivity index (χ4n) is 1.97. The molecule has 0 unspecified atom stereocenters. The maximum absolute atomic E-state index is 13.2. The Balaban J connectivity index is 2.01. The minimum absolute atomic E-state index is 0.293. The zero-order valence-electron chi connectivity index (χ0n) is 9.62. The number of halogens is 1. The van der Waals surface area contributed by atoms with Gasteiger partial charge in [0.15, 0.2) is 0 Å². The zero-order valence-corrected chi connectivity index (χ0v) is 9.62. The standard InChI is InChI=1S/C12H18FN3/c1-15-5-7-16(8-6-15)9-10-3-2-4-11(13)12(10)14/h2-4H,5-9,14H2,1H3. The first-order valence-corrected chi connectivity index (χ1v) is 5.60. The van der Waals surface area contributed by atoms with Crippen LogP contribution in [-0.4, -0.2) is 43.0 Å². The van der Waals surface area contributed by atoms with Crippen molar-refractivity contribution in [3.05, 3.63) is 29.6 Å². The molecule has 0 saturated carbocycles. The minimum atomic E-state index is -0.313. The number of hydrogen-bond acceptors (Lipinski definition) is 3. The van der Waals surface area contributed by atoms with E-state index in [2.05, 4.69) is 16.8 Å². The Hall–Kier alpha value is -1.13. The summed E-state index contributed by atoms with van der Waals surface area (Å²) in [6.45, 7) is 4.92. The highest BCUT2D eigenvalue weighted by Gasteiger charge is 2.15. The first-order chi connectivity index (χ1) is 7.66. The molecule has 0 amide bonds. The van der Waals surface area contributed by atoms with Crippen LogP contribution in [0.1, 0.15) is 5.56 Å². The average Bonchev–Trinajstić information content (AvgIpc) is 2.28. The molecule has 1 saturated heterocycles. The predicted octanol–water partition coefficient (Wildman–Crippen LogP) is 1.16. The Labute approximate surface area is 95.6 Å². The Morgan fingerprint density at radius 3 is 2.62 bits per heavy atom. The average molecular weight is 223 g/mol. The van der Waals surface area contributed by atoms with E-state index in [1.54, 1.807) is 6.07 Å². The van der Waals surface area contributed by atoms with Gasteiger partial charge in [0.25, 0.3) is 0 Å². The molecule has 0 aromatic heterocycles. The molecular formula is C12H18FN3. The first kappa shape index (κ1) is 11.4. The smallest absolute Gasteiger partial charge is 0.146 e. The van der Waals surface area contributed by atoms with E-state index in [0.29, 0.717) is 5.69 Å². The van der Waals surface area contributed by atoms with Crippen LogP contribution in [0.4, 0.5) is 10.1 Å². The van der Waals surface area contributed by atoms with Gasteiger partial charge in [-0.15, -0.1) is 0 Å². The largest absolute Gasteiger partial charge is 0.396 e. The van der Waals surface area contributed by atoms with Gasteiger partial charge >= 0.3 is 0 Å². The summed E-state index contributed by atoms with van der Waals surface area (Å²) in [6.07, 6.45) is 0. The number of nitrogens with zero attached hydrogens (tertiary/aromatic N) is 2. The summed E-state index contributed by atoms with van der Waals surface area (Å²) in [4.78, 5) is 4.61. The van der Waals surface area contributed by atoms with Gasteiger partial charge in [0.05, 0.1) is 5.69 Å². The van der Waals surface area contributed by atoms with Crippen LogP contribution in [-0.2, 0) is 6.54 Å². The lowest BCUT2D eigenvalue weighted by molar-refractivity contribution is 0.148. The molecule has 1 aliphatic rings. The normalized spacial score (nSPS) is 18.9. The molecule has 2 rings (SSSR count). The molecule has 1 aliphatic heterocycles. The lowest BCUT2D eigenvalue weighted by Gasteiger charge is -2.32. The van der Waals surface area contributed by atoms with E-state index in [1.165, 1.54) is 6.07 Å². The van der Waals surface area contributed by atoms with Crippen molar-refractivity contribution in [2.45, 2.75) is 6.54 Å². The van der Waals surface area contributed by atoms with Crippen LogP contribution in [0.25, 0.3) is 0 Å². The van der Waals surface area contributed by atoms with Gasteiger partial charge in [-0.1, -0.05) is 12.1 Å². The SMILES string of the molecule is CN1CCN(Cc2cccc(F)c2N)CC1. The first-order valence-electron chi connectivity index (χ1n) is 5.60. The predicted molar refractivity (Wildman–Crippen MR) is 63.6 cm³/mol. The maximum Gasteiger partial charge on any atom is 0.146 e. The van der Waals surface area contributed by atoms with Gasteiger partial charge in [0.1, 0.15) is 5.82 Å².